The molecule has 0 spiro atoms. The minimum atomic E-state index is 0.608. The number of nitrogens with zero attached hydrogens (tertiary/aromatic N) is 3. The molecule has 1 aliphatic rings. The summed E-state index contributed by atoms with van der Waals surface area (Å²) < 4.78 is 2.01. The van der Waals surface area contributed by atoms with Gasteiger partial charge in [-0.2, -0.15) is 5.10 Å². The summed E-state index contributed by atoms with van der Waals surface area (Å²) in [5.41, 5.74) is 0. The third-order valence-electron chi connectivity index (χ3n) is 2.09. The van der Waals surface area contributed by atoms with Gasteiger partial charge in [-0.1, -0.05) is 6.92 Å². The Labute approximate surface area is 60.1 Å². The Bertz CT molecular complexity index is 229. The Balaban J connectivity index is 2.41. The lowest BCUT2D eigenvalue weighted by atomic mass is 10.0. The fourth-order valence-electron chi connectivity index (χ4n) is 1.50. The Kier molecular flexibility index (Phi) is 1.22. The van der Waals surface area contributed by atoms with E-state index < -0.39 is 0 Å². The summed E-state index contributed by atoms with van der Waals surface area (Å²) in [5, 5.41) is 4.11. The van der Waals surface area contributed by atoms with Gasteiger partial charge in [-0.15, -0.1) is 0 Å². The Morgan fingerprint density at radius 3 is 3.40 bits per heavy atom. The predicted molar refractivity (Wildman–Crippen MR) is 37.7 cm³/mol. The van der Waals surface area contributed by atoms with Crippen LogP contribution in [0.2, 0.25) is 0 Å². The molecule has 1 aliphatic heterocycles. The van der Waals surface area contributed by atoms with Crippen molar-refractivity contribution in [2.24, 2.45) is 0 Å². The Morgan fingerprint density at radius 2 is 2.60 bits per heavy atom. The van der Waals surface area contributed by atoms with Crippen molar-refractivity contribution in [2.45, 2.75) is 32.2 Å². The van der Waals surface area contributed by atoms with Gasteiger partial charge < -0.3 is 0 Å². The molecule has 0 radical (unpaired) electrons. The second-order valence-corrected chi connectivity index (χ2v) is 2.88. The highest BCUT2D eigenvalue weighted by Gasteiger charge is 2.16. The lowest BCUT2D eigenvalue weighted by Gasteiger charge is -2.17. The summed E-state index contributed by atoms with van der Waals surface area (Å²) in [6.45, 7) is 3.26. The molecule has 0 fully saturated rings. The quantitative estimate of drug-likeness (QED) is 0.537. The molecule has 0 N–H and O–H groups in total. The van der Waals surface area contributed by atoms with Crippen LogP contribution in [0.15, 0.2) is 6.33 Å². The van der Waals surface area contributed by atoms with E-state index in [0.717, 1.165) is 12.4 Å². The van der Waals surface area contributed by atoms with E-state index in [1.54, 1.807) is 6.33 Å². The molecule has 1 atom stereocenters. The molecule has 3 heteroatoms. The predicted octanol–water partition coefficient (Wildman–Crippen LogP) is 1.18. The summed E-state index contributed by atoms with van der Waals surface area (Å²) in [5.74, 6) is 1.77. The zero-order valence-corrected chi connectivity index (χ0v) is 6.12. The fraction of sp³-hybridized carbons (Fsp3) is 0.714. The van der Waals surface area contributed by atoms with Crippen molar-refractivity contribution in [1.29, 1.82) is 0 Å². The van der Waals surface area contributed by atoms with Gasteiger partial charge in [-0.3, -0.25) is 0 Å². The molecule has 1 aromatic rings. The van der Waals surface area contributed by atoms with E-state index in [2.05, 4.69) is 17.0 Å². The number of hydrogen-bond acceptors (Lipinski definition) is 2. The molecule has 0 amide bonds. The molecule has 0 saturated carbocycles. The average Bonchev–Trinajstić information content (AvgIpc) is 2.36. The van der Waals surface area contributed by atoms with E-state index in [1.165, 1.54) is 12.8 Å². The largest absolute Gasteiger partial charge is 0.250 e. The summed E-state index contributed by atoms with van der Waals surface area (Å²) in [6, 6.07) is 0. The zero-order valence-electron chi connectivity index (χ0n) is 6.12. The van der Waals surface area contributed by atoms with Crippen LogP contribution in [0.1, 0.15) is 31.5 Å². The summed E-state index contributed by atoms with van der Waals surface area (Å²) in [7, 11) is 0. The molecule has 1 unspecified atom stereocenters. The molecule has 54 valence electrons. The first kappa shape index (κ1) is 5.89. The van der Waals surface area contributed by atoms with Crippen LogP contribution in [-0.4, -0.2) is 14.8 Å². The van der Waals surface area contributed by atoms with Crippen LogP contribution >= 0.6 is 0 Å². The van der Waals surface area contributed by atoms with Gasteiger partial charge in [0.25, 0.3) is 0 Å². The lowest BCUT2D eigenvalue weighted by Crippen LogP contribution is -2.14. The highest BCUT2D eigenvalue weighted by atomic mass is 15.3. The van der Waals surface area contributed by atoms with Crippen molar-refractivity contribution in [3.05, 3.63) is 12.2 Å². The number of aryl methyl sites for hydroxylation is 1. The van der Waals surface area contributed by atoms with Gasteiger partial charge in [0.2, 0.25) is 0 Å². The highest BCUT2D eigenvalue weighted by Crippen LogP contribution is 2.22. The number of aromatic nitrogens is 3. The standard InChI is InChI=1S/C7H11N3/c1-6-3-2-4-10-7(6)8-5-9-10/h5-6H,2-4H2,1H3. The van der Waals surface area contributed by atoms with Crippen LogP contribution in [0.5, 0.6) is 0 Å². The van der Waals surface area contributed by atoms with Gasteiger partial charge in [-0.05, 0) is 12.8 Å². The summed E-state index contributed by atoms with van der Waals surface area (Å²) in [4.78, 5) is 4.19. The molecule has 0 saturated heterocycles. The monoisotopic (exact) mass is 137 g/mol. The van der Waals surface area contributed by atoms with Crippen molar-refractivity contribution in [3.63, 3.8) is 0 Å². The fourth-order valence-corrected chi connectivity index (χ4v) is 1.50. The molecule has 0 aliphatic carbocycles. The van der Waals surface area contributed by atoms with Crippen LogP contribution < -0.4 is 0 Å². The molecule has 2 rings (SSSR count). The SMILES string of the molecule is CC1CCCn2ncnc21. The Hall–Kier alpha value is -0.860. The maximum absolute atomic E-state index is 4.19. The molecule has 0 bridgehead atoms. The van der Waals surface area contributed by atoms with E-state index in [4.69, 9.17) is 0 Å². The van der Waals surface area contributed by atoms with Gasteiger partial charge in [0.1, 0.15) is 12.2 Å². The van der Waals surface area contributed by atoms with Crippen molar-refractivity contribution >= 4 is 0 Å². The highest BCUT2D eigenvalue weighted by molar-refractivity contribution is 4.95. The van der Waals surface area contributed by atoms with E-state index in [1.807, 2.05) is 4.68 Å². The van der Waals surface area contributed by atoms with Gasteiger partial charge >= 0.3 is 0 Å². The van der Waals surface area contributed by atoms with E-state index in [9.17, 15) is 0 Å². The van der Waals surface area contributed by atoms with Gasteiger partial charge in [0.15, 0.2) is 0 Å². The van der Waals surface area contributed by atoms with E-state index in [-0.39, 0.29) is 0 Å². The van der Waals surface area contributed by atoms with Crippen molar-refractivity contribution in [1.82, 2.24) is 14.8 Å². The van der Waals surface area contributed by atoms with Crippen LogP contribution in [0.4, 0.5) is 0 Å². The third-order valence-corrected chi connectivity index (χ3v) is 2.09. The van der Waals surface area contributed by atoms with Gasteiger partial charge in [0, 0.05) is 12.5 Å². The van der Waals surface area contributed by atoms with Crippen molar-refractivity contribution in [2.75, 3.05) is 0 Å². The van der Waals surface area contributed by atoms with E-state index in [0.29, 0.717) is 5.92 Å². The smallest absolute Gasteiger partial charge is 0.138 e. The van der Waals surface area contributed by atoms with Crippen LogP contribution in [-0.2, 0) is 6.54 Å². The number of fused-ring (bicyclic) bond motifs is 1. The maximum atomic E-state index is 4.19. The minimum Gasteiger partial charge on any atom is -0.250 e. The molecular weight excluding hydrogens is 126 g/mol. The first-order valence-electron chi connectivity index (χ1n) is 3.75. The average molecular weight is 137 g/mol. The van der Waals surface area contributed by atoms with Gasteiger partial charge in [-0.25, -0.2) is 9.67 Å². The van der Waals surface area contributed by atoms with Crippen molar-refractivity contribution < 1.29 is 0 Å². The van der Waals surface area contributed by atoms with Gasteiger partial charge in [0.05, 0.1) is 0 Å². The van der Waals surface area contributed by atoms with Crippen LogP contribution in [0, 0.1) is 0 Å². The van der Waals surface area contributed by atoms with Crippen molar-refractivity contribution in [3.8, 4) is 0 Å². The maximum Gasteiger partial charge on any atom is 0.138 e. The normalized spacial score (nSPS) is 24.3. The van der Waals surface area contributed by atoms with Crippen LogP contribution in [0.3, 0.4) is 0 Å². The molecule has 3 nitrogen and oxygen atoms in total. The minimum absolute atomic E-state index is 0.608. The first-order chi connectivity index (χ1) is 4.88. The second kappa shape index (κ2) is 2.08. The molecule has 2 heterocycles. The molecular formula is C7H11N3. The summed E-state index contributed by atoms with van der Waals surface area (Å²) >= 11 is 0. The number of hydrogen-bond donors (Lipinski definition) is 0. The molecule has 10 heavy (non-hydrogen) atoms. The Morgan fingerprint density at radius 1 is 1.70 bits per heavy atom. The first-order valence-corrected chi connectivity index (χ1v) is 3.75. The second-order valence-electron chi connectivity index (χ2n) is 2.88. The zero-order chi connectivity index (χ0) is 6.97. The lowest BCUT2D eigenvalue weighted by molar-refractivity contribution is 0.432. The summed E-state index contributed by atoms with van der Waals surface area (Å²) in [6.07, 6.45) is 4.16. The number of rotatable bonds is 0. The third kappa shape index (κ3) is 0.735. The molecule has 0 aromatic carbocycles. The topological polar surface area (TPSA) is 30.7 Å². The van der Waals surface area contributed by atoms with Crippen LogP contribution in [0.25, 0.3) is 0 Å². The molecule has 1 aromatic heterocycles. The van der Waals surface area contributed by atoms with E-state index >= 15 is 0 Å².